The molecule has 1 atom stereocenters. The molecule has 1 aliphatic carbocycles. The van der Waals surface area contributed by atoms with Gasteiger partial charge in [-0.25, -0.2) is 0 Å². The van der Waals surface area contributed by atoms with E-state index in [1.165, 1.54) is 0 Å². The fourth-order valence-electron chi connectivity index (χ4n) is 1.38. The quantitative estimate of drug-likeness (QED) is 0.677. The predicted octanol–water partition coefficient (Wildman–Crippen LogP) is 2.21. The summed E-state index contributed by atoms with van der Waals surface area (Å²) in [5, 5.41) is 10.9. The molecule has 1 unspecified atom stereocenters. The average Bonchev–Trinajstić information content (AvgIpc) is 2.71. The van der Waals surface area contributed by atoms with E-state index < -0.39 is 21.6 Å². The SMILES string of the molecule is O=C(O)C1([SH]2C=CC=C2Cl)CC1. The molecule has 0 radical (unpaired) electrons. The second-order valence-electron chi connectivity index (χ2n) is 3.04. The van der Waals surface area contributed by atoms with Crippen molar-refractivity contribution in [2.45, 2.75) is 17.6 Å². The molecule has 0 aromatic heterocycles. The van der Waals surface area contributed by atoms with Crippen molar-refractivity contribution >= 4 is 28.5 Å². The first-order valence-corrected chi connectivity index (χ1v) is 5.52. The van der Waals surface area contributed by atoms with E-state index in [0.717, 1.165) is 17.2 Å². The molecule has 4 heteroatoms. The van der Waals surface area contributed by atoms with Gasteiger partial charge in [-0.05, 0) is 24.3 Å². The number of hydrogen-bond acceptors (Lipinski definition) is 1. The van der Waals surface area contributed by atoms with Gasteiger partial charge in [-0.2, -0.15) is 10.9 Å². The number of carbonyl (C=O) groups is 1. The van der Waals surface area contributed by atoms with Crippen molar-refractivity contribution in [2.24, 2.45) is 0 Å². The van der Waals surface area contributed by atoms with Gasteiger partial charge in [0.1, 0.15) is 4.75 Å². The van der Waals surface area contributed by atoms with E-state index >= 15 is 0 Å². The third kappa shape index (κ3) is 1.00. The van der Waals surface area contributed by atoms with Gasteiger partial charge >= 0.3 is 5.97 Å². The number of aliphatic carboxylic acids is 1. The number of carboxylic acids is 1. The molecule has 1 aliphatic heterocycles. The van der Waals surface area contributed by atoms with Gasteiger partial charge < -0.3 is 5.11 Å². The van der Waals surface area contributed by atoms with Crippen LogP contribution in [-0.4, -0.2) is 15.8 Å². The van der Waals surface area contributed by atoms with E-state index in [9.17, 15) is 4.79 Å². The molecule has 2 rings (SSSR count). The van der Waals surface area contributed by atoms with Crippen molar-refractivity contribution < 1.29 is 9.90 Å². The summed E-state index contributed by atoms with van der Waals surface area (Å²) in [6.45, 7) is 0. The summed E-state index contributed by atoms with van der Waals surface area (Å²) in [5.74, 6) is -0.688. The smallest absolute Gasteiger partial charge is 0.318 e. The molecule has 0 aromatic carbocycles. The largest absolute Gasteiger partial charge is 0.480 e. The Kier molecular flexibility index (Phi) is 1.73. The summed E-state index contributed by atoms with van der Waals surface area (Å²) in [6, 6.07) is 0. The minimum Gasteiger partial charge on any atom is -0.480 e. The molecule has 0 bridgehead atoms. The minimum absolute atomic E-state index is 0.504. The topological polar surface area (TPSA) is 37.3 Å². The molecule has 12 heavy (non-hydrogen) atoms. The maximum atomic E-state index is 10.9. The highest BCUT2D eigenvalue weighted by Crippen LogP contribution is 2.65. The normalized spacial score (nSPS) is 33.1. The van der Waals surface area contributed by atoms with Crippen LogP contribution in [0.1, 0.15) is 12.8 Å². The number of thiol groups is 1. The van der Waals surface area contributed by atoms with Gasteiger partial charge in [-0.1, -0.05) is 17.7 Å². The molecular formula is C8H9ClO2S. The van der Waals surface area contributed by atoms with Gasteiger partial charge in [0.15, 0.2) is 0 Å². The molecule has 0 aromatic rings. The fourth-order valence-corrected chi connectivity index (χ4v) is 4.25. The molecule has 0 saturated heterocycles. The summed E-state index contributed by atoms with van der Waals surface area (Å²) in [6.07, 6.45) is 5.22. The molecule has 1 N–H and O–H groups in total. The number of halogens is 1. The first-order chi connectivity index (χ1) is 5.67. The Morgan fingerprint density at radius 3 is 2.67 bits per heavy atom. The van der Waals surface area contributed by atoms with Crippen molar-refractivity contribution in [2.75, 3.05) is 0 Å². The van der Waals surface area contributed by atoms with E-state index in [1.807, 2.05) is 11.5 Å². The fraction of sp³-hybridized carbons (Fsp3) is 0.375. The van der Waals surface area contributed by atoms with Crippen LogP contribution in [0.5, 0.6) is 0 Å². The molecule has 66 valence electrons. The summed E-state index contributed by atoms with van der Waals surface area (Å²) >= 11 is 5.91. The average molecular weight is 205 g/mol. The van der Waals surface area contributed by atoms with Crippen molar-refractivity contribution in [1.29, 1.82) is 0 Å². The van der Waals surface area contributed by atoms with Crippen LogP contribution < -0.4 is 0 Å². The number of rotatable bonds is 2. The van der Waals surface area contributed by atoms with Gasteiger partial charge in [0.25, 0.3) is 0 Å². The summed E-state index contributed by atoms with van der Waals surface area (Å²) in [7, 11) is -0.731. The van der Waals surface area contributed by atoms with Crippen LogP contribution in [0, 0.1) is 0 Å². The van der Waals surface area contributed by atoms with Crippen LogP contribution in [0.3, 0.4) is 0 Å². The Bertz CT molecular complexity index is 291. The highest BCUT2D eigenvalue weighted by molar-refractivity contribution is 8.26. The van der Waals surface area contributed by atoms with E-state index in [4.69, 9.17) is 16.7 Å². The van der Waals surface area contributed by atoms with Crippen molar-refractivity contribution in [3.8, 4) is 0 Å². The zero-order valence-corrected chi connectivity index (χ0v) is 7.98. The van der Waals surface area contributed by atoms with Gasteiger partial charge in [0, 0.05) is 0 Å². The lowest BCUT2D eigenvalue weighted by atomic mass is 10.4. The highest BCUT2D eigenvalue weighted by Gasteiger charge is 2.55. The van der Waals surface area contributed by atoms with Crippen LogP contribution in [0.15, 0.2) is 21.9 Å². The number of carboxylic acid groups (broad SMARTS) is 1. The van der Waals surface area contributed by atoms with Gasteiger partial charge in [-0.3, -0.25) is 4.79 Å². The maximum absolute atomic E-state index is 10.9. The highest BCUT2D eigenvalue weighted by atomic mass is 35.5. The predicted molar refractivity (Wildman–Crippen MR) is 51.7 cm³/mol. The molecule has 2 aliphatic rings. The summed E-state index contributed by atoms with van der Waals surface area (Å²) in [4.78, 5) is 10.9. The van der Waals surface area contributed by atoms with Crippen LogP contribution in [0.4, 0.5) is 0 Å². The number of allylic oxidation sites excluding steroid dienone is 2. The first-order valence-electron chi connectivity index (χ1n) is 3.73. The lowest BCUT2D eigenvalue weighted by Gasteiger charge is -2.21. The van der Waals surface area contributed by atoms with E-state index in [-0.39, 0.29) is 0 Å². The molecular weight excluding hydrogens is 196 g/mol. The monoisotopic (exact) mass is 204 g/mol. The zero-order valence-electron chi connectivity index (χ0n) is 6.33. The Labute approximate surface area is 78.3 Å². The van der Waals surface area contributed by atoms with Crippen LogP contribution in [-0.2, 0) is 4.79 Å². The van der Waals surface area contributed by atoms with Gasteiger partial charge in [0.2, 0.25) is 0 Å². The van der Waals surface area contributed by atoms with Gasteiger partial charge in [-0.15, -0.1) is 0 Å². The van der Waals surface area contributed by atoms with Crippen molar-refractivity contribution in [3.63, 3.8) is 0 Å². The lowest BCUT2D eigenvalue weighted by molar-refractivity contribution is -0.137. The second-order valence-corrected chi connectivity index (χ2v) is 6.08. The van der Waals surface area contributed by atoms with Crippen LogP contribution >= 0.6 is 22.5 Å². The van der Waals surface area contributed by atoms with E-state index in [0.29, 0.717) is 0 Å². The van der Waals surface area contributed by atoms with Crippen molar-refractivity contribution in [3.05, 3.63) is 21.9 Å². The Hall–Kier alpha value is -0.410. The lowest BCUT2D eigenvalue weighted by Crippen LogP contribution is -2.20. The standard InChI is InChI=1S/C8H9ClO2S/c9-6-2-1-5-12(6)8(3-4-8)7(10)11/h1-2,5,12H,3-4H2,(H,10,11). The third-order valence-electron chi connectivity index (χ3n) is 2.28. The van der Waals surface area contributed by atoms with Crippen LogP contribution in [0.2, 0.25) is 0 Å². The Morgan fingerprint density at radius 2 is 2.33 bits per heavy atom. The number of hydrogen-bond donors (Lipinski definition) is 2. The molecule has 0 amide bonds. The second kappa shape index (κ2) is 2.54. The Balaban J connectivity index is 2.25. The molecule has 2 nitrogen and oxygen atoms in total. The third-order valence-corrected chi connectivity index (χ3v) is 5.59. The summed E-state index contributed by atoms with van der Waals surface area (Å²) in [5.41, 5.74) is 0. The molecule has 0 spiro atoms. The molecule has 1 heterocycles. The molecule has 1 fully saturated rings. The maximum Gasteiger partial charge on any atom is 0.318 e. The van der Waals surface area contributed by atoms with Gasteiger partial charge in [0.05, 0.1) is 4.36 Å². The Morgan fingerprint density at radius 1 is 1.67 bits per heavy atom. The molecule has 1 saturated carbocycles. The van der Waals surface area contributed by atoms with Crippen molar-refractivity contribution in [1.82, 2.24) is 0 Å². The first kappa shape index (κ1) is 8.20. The van der Waals surface area contributed by atoms with E-state index in [2.05, 4.69) is 0 Å². The zero-order chi connectivity index (χ0) is 8.77. The van der Waals surface area contributed by atoms with Crippen LogP contribution in [0.25, 0.3) is 0 Å². The minimum atomic E-state index is -0.731. The summed E-state index contributed by atoms with van der Waals surface area (Å²) < 4.78 is 0.223. The van der Waals surface area contributed by atoms with E-state index in [1.54, 1.807) is 6.08 Å².